The summed E-state index contributed by atoms with van der Waals surface area (Å²) < 4.78 is 78.5. The number of benzene rings is 2. The molecule has 0 bridgehead atoms. The zero-order chi connectivity index (χ0) is 12.9. The summed E-state index contributed by atoms with van der Waals surface area (Å²) in [7, 11) is 0.945. The number of rotatable bonds is 0. The lowest BCUT2D eigenvalue weighted by atomic mass is 9.88. The molecule has 0 radical (unpaired) electrons. The molecule has 88 valence electrons. The minimum Gasteiger partial charge on any atom is -0.204 e. The van der Waals surface area contributed by atoms with Gasteiger partial charge in [-0.2, -0.15) is 0 Å². The molecule has 0 N–H and O–H groups in total. The summed E-state index contributed by atoms with van der Waals surface area (Å²) in [5.74, 6) is -10.5. The van der Waals surface area contributed by atoms with Crippen molar-refractivity contribution in [2.45, 2.75) is 0 Å². The predicted octanol–water partition coefficient (Wildman–Crippen LogP) is 1.93. The van der Waals surface area contributed by atoms with E-state index in [1.165, 1.54) is 0 Å². The van der Waals surface area contributed by atoms with Gasteiger partial charge in [0.2, 0.25) is 0 Å². The van der Waals surface area contributed by atoms with Crippen LogP contribution in [0.4, 0.5) is 26.3 Å². The van der Waals surface area contributed by atoms with Gasteiger partial charge < -0.3 is 0 Å². The van der Waals surface area contributed by atoms with E-state index in [0.29, 0.717) is 6.07 Å². The average Bonchev–Trinajstić information content (AvgIpc) is 2.30. The molecular weight excluding hydrogens is 245 g/mol. The number of fused-ring (bicyclic) bond motifs is 1. The van der Waals surface area contributed by atoms with Crippen LogP contribution in [0.5, 0.6) is 0 Å². The Kier molecular flexibility index (Phi) is 2.56. The van der Waals surface area contributed by atoms with Gasteiger partial charge in [0.15, 0.2) is 34.9 Å². The summed E-state index contributed by atoms with van der Waals surface area (Å²) in [5, 5.41) is -1.64. The standard InChI is InChI=1S/C10H3BF6/c11-5-4-2(6(13)10(17)9(5)16)1-3(12)7(14)8(4)15/h1H,11H2. The summed E-state index contributed by atoms with van der Waals surface area (Å²) in [5.41, 5.74) is -0.615. The molecule has 0 spiro atoms. The van der Waals surface area contributed by atoms with Gasteiger partial charge >= 0.3 is 0 Å². The molecule has 0 atom stereocenters. The lowest BCUT2D eigenvalue weighted by Crippen LogP contribution is -2.17. The Labute approximate surface area is 92.3 Å². The van der Waals surface area contributed by atoms with Gasteiger partial charge in [0.1, 0.15) is 7.85 Å². The van der Waals surface area contributed by atoms with Crippen LogP contribution in [0, 0.1) is 34.9 Å². The van der Waals surface area contributed by atoms with E-state index in [1.807, 2.05) is 0 Å². The van der Waals surface area contributed by atoms with Crippen molar-refractivity contribution >= 4 is 24.1 Å². The molecule has 0 saturated carbocycles. The summed E-state index contributed by atoms with van der Waals surface area (Å²) in [6.45, 7) is 0. The maximum Gasteiger partial charge on any atom is 0.195 e. The number of hydrogen-bond acceptors (Lipinski definition) is 0. The van der Waals surface area contributed by atoms with E-state index in [0.717, 1.165) is 7.85 Å². The van der Waals surface area contributed by atoms with Gasteiger partial charge in [-0.1, -0.05) is 0 Å². The summed E-state index contributed by atoms with van der Waals surface area (Å²) in [6, 6.07) is 0.290. The largest absolute Gasteiger partial charge is 0.204 e. The Balaban J connectivity index is 3.12. The number of hydrogen-bond donors (Lipinski definition) is 0. The highest BCUT2D eigenvalue weighted by Gasteiger charge is 2.23. The van der Waals surface area contributed by atoms with E-state index < -0.39 is 51.1 Å². The van der Waals surface area contributed by atoms with E-state index in [1.54, 1.807) is 0 Å². The van der Waals surface area contributed by atoms with Crippen molar-refractivity contribution < 1.29 is 26.3 Å². The van der Waals surface area contributed by atoms with Gasteiger partial charge in [-0.05, 0) is 11.5 Å². The Morgan fingerprint density at radius 1 is 0.706 bits per heavy atom. The molecule has 0 fully saturated rings. The molecular formula is C10H3BF6. The third-order valence-electron chi connectivity index (χ3n) is 2.49. The van der Waals surface area contributed by atoms with Crippen molar-refractivity contribution in [3.8, 4) is 0 Å². The second-order valence-electron chi connectivity index (χ2n) is 3.48. The van der Waals surface area contributed by atoms with Crippen LogP contribution in [0.2, 0.25) is 0 Å². The van der Waals surface area contributed by atoms with Crippen molar-refractivity contribution in [3.05, 3.63) is 41.0 Å². The first-order valence-electron chi connectivity index (χ1n) is 4.46. The van der Waals surface area contributed by atoms with Crippen LogP contribution < -0.4 is 5.46 Å². The maximum absolute atomic E-state index is 13.3. The number of halogens is 6. The van der Waals surface area contributed by atoms with Gasteiger partial charge in [0, 0.05) is 10.8 Å². The summed E-state index contributed by atoms with van der Waals surface area (Å²) >= 11 is 0. The second-order valence-corrected chi connectivity index (χ2v) is 3.48. The monoisotopic (exact) mass is 248 g/mol. The fraction of sp³-hybridized carbons (Fsp3) is 0. The molecule has 2 aromatic carbocycles. The molecule has 7 heteroatoms. The molecule has 0 amide bonds. The lowest BCUT2D eigenvalue weighted by Gasteiger charge is -2.09. The van der Waals surface area contributed by atoms with Gasteiger partial charge in [-0.3, -0.25) is 0 Å². The highest BCUT2D eigenvalue weighted by Crippen LogP contribution is 2.26. The van der Waals surface area contributed by atoms with Crippen LogP contribution in [0.15, 0.2) is 6.07 Å². The fourth-order valence-corrected chi connectivity index (χ4v) is 1.62. The van der Waals surface area contributed by atoms with Crippen LogP contribution in [0.25, 0.3) is 10.8 Å². The first-order valence-corrected chi connectivity index (χ1v) is 4.46. The molecule has 0 aliphatic heterocycles. The van der Waals surface area contributed by atoms with Crippen molar-refractivity contribution in [2.24, 2.45) is 0 Å². The molecule has 0 aliphatic carbocycles. The minimum absolute atomic E-state index is 0.290. The Hall–Kier alpha value is -1.66. The Morgan fingerprint density at radius 2 is 1.29 bits per heavy atom. The van der Waals surface area contributed by atoms with E-state index in [9.17, 15) is 26.3 Å². The molecule has 0 heterocycles. The maximum atomic E-state index is 13.3. The summed E-state index contributed by atoms with van der Waals surface area (Å²) in [6.07, 6.45) is 0. The fourth-order valence-electron chi connectivity index (χ4n) is 1.62. The van der Waals surface area contributed by atoms with Crippen molar-refractivity contribution in [3.63, 3.8) is 0 Å². The molecule has 0 nitrogen and oxygen atoms in total. The second kappa shape index (κ2) is 3.68. The molecule has 2 rings (SSSR count). The molecule has 0 aliphatic rings. The smallest absolute Gasteiger partial charge is 0.195 e. The topological polar surface area (TPSA) is 0 Å². The van der Waals surface area contributed by atoms with Crippen molar-refractivity contribution in [1.82, 2.24) is 0 Å². The van der Waals surface area contributed by atoms with Crippen molar-refractivity contribution in [1.29, 1.82) is 0 Å². The molecule has 0 unspecified atom stereocenters. The SMILES string of the molecule is Bc1c(F)c(F)c(F)c2cc(F)c(F)c(F)c12. The highest BCUT2D eigenvalue weighted by atomic mass is 19.2. The van der Waals surface area contributed by atoms with Gasteiger partial charge in [0.05, 0.1) is 0 Å². The van der Waals surface area contributed by atoms with E-state index >= 15 is 0 Å². The average molecular weight is 248 g/mol. The molecule has 17 heavy (non-hydrogen) atoms. The first-order chi connectivity index (χ1) is 7.86. The lowest BCUT2D eigenvalue weighted by molar-refractivity contribution is 0.444. The molecule has 0 aromatic heterocycles. The Bertz CT molecular complexity index is 629. The summed E-state index contributed by atoms with van der Waals surface area (Å²) in [4.78, 5) is 0. The zero-order valence-corrected chi connectivity index (χ0v) is 8.35. The third kappa shape index (κ3) is 1.49. The van der Waals surface area contributed by atoms with Gasteiger partial charge in [0.25, 0.3) is 0 Å². The molecule has 2 aromatic rings. The highest BCUT2D eigenvalue weighted by molar-refractivity contribution is 6.39. The van der Waals surface area contributed by atoms with E-state index in [-0.39, 0.29) is 0 Å². The zero-order valence-electron chi connectivity index (χ0n) is 8.35. The minimum atomic E-state index is -1.86. The van der Waals surface area contributed by atoms with Crippen LogP contribution in [-0.4, -0.2) is 7.85 Å². The van der Waals surface area contributed by atoms with Crippen molar-refractivity contribution in [2.75, 3.05) is 0 Å². The first kappa shape index (κ1) is 11.8. The molecule has 0 saturated heterocycles. The quantitative estimate of drug-likeness (QED) is 0.379. The van der Waals surface area contributed by atoms with Gasteiger partial charge in [-0.15, -0.1) is 0 Å². The normalized spacial score (nSPS) is 11.2. The van der Waals surface area contributed by atoms with Crippen LogP contribution in [-0.2, 0) is 0 Å². The Morgan fingerprint density at radius 3 is 1.88 bits per heavy atom. The van der Waals surface area contributed by atoms with Gasteiger partial charge in [-0.25, -0.2) is 26.3 Å². The van der Waals surface area contributed by atoms with Crippen LogP contribution in [0.3, 0.4) is 0 Å². The van der Waals surface area contributed by atoms with E-state index in [4.69, 9.17) is 0 Å². The van der Waals surface area contributed by atoms with Crippen LogP contribution >= 0.6 is 0 Å². The van der Waals surface area contributed by atoms with Crippen LogP contribution in [0.1, 0.15) is 0 Å². The third-order valence-corrected chi connectivity index (χ3v) is 2.49. The van der Waals surface area contributed by atoms with E-state index in [2.05, 4.69) is 0 Å². The predicted molar refractivity (Wildman–Crippen MR) is 51.9 cm³/mol.